The Balaban J connectivity index is 0.948. The SMILES string of the molecule is CC1(C)c2ccccc2-c2ccc(N(c3ccc(-c4ccc5c(c4)oc4ccccc45)cc3)c3ccc(-c4ccc5c(c4)c4ccccc4n5-c4ccccc4)cc3)cc21. The number of aromatic nitrogens is 1. The van der Waals surface area contributed by atoms with Crippen LogP contribution in [0.3, 0.4) is 0 Å². The molecule has 0 N–H and O–H groups in total. The fourth-order valence-electron chi connectivity index (χ4n) is 9.80. The van der Waals surface area contributed by atoms with Crippen LogP contribution >= 0.6 is 0 Å². The van der Waals surface area contributed by atoms with Crippen LogP contribution in [0.25, 0.3) is 82.8 Å². The van der Waals surface area contributed by atoms with Crippen molar-refractivity contribution >= 4 is 60.8 Å². The van der Waals surface area contributed by atoms with Gasteiger partial charge in [-0.25, -0.2) is 0 Å². The molecule has 1 aliphatic rings. The Morgan fingerprint density at radius 3 is 1.73 bits per heavy atom. The van der Waals surface area contributed by atoms with Gasteiger partial charge in [-0.3, -0.25) is 0 Å². The smallest absolute Gasteiger partial charge is 0.136 e. The number of hydrogen-bond acceptors (Lipinski definition) is 2. The summed E-state index contributed by atoms with van der Waals surface area (Å²) in [6.45, 7) is 4.70. The van der Waals surface area contributed by atoms with E-state index in [0.717, 1.165) is 50.1 Å². The van der Waals surface area contributed by atoms with Crippen molar-refractivity contribution in [2.24, 2.45) is 0 Å². The normalized spacial score (nSPS) is 13.0. The Bertz CT molecular complexity index is 3440. The number of hydrogen-bond donors (Lipinski definition) is 0. The molecule has 12 rings (SSSR count). The highest BCUT2D eigenvalue weighted by molar-refractivity contribution is 6.10. The Labute approximate surface area is 349 Å². The zero-order valence-electron chi connectivity index (χ0n) is 33.4. The van der Waals surface area contributed by atoms with Gasteiger partial charge >= 0.3 is 0 Å². The average molecular weight is 769 g/mol. The molecule has 0 saturated carbocycles. The first-order valence-corrected chi connectivity index (χ1v) is 20.7. The topological polar surface area (TPSA) is 21.3 Å². The lowest BCUT2D eigenvalue weighted by atomic mass is 9.82. The van der Waals surface area contributed by atoms with Crippen LogP contribution in [0.1, 0.15) is 25.0 Å². The first-order valence-electron chi connectivity index (χ1n) is 20.7. The maximum absolute atomic E-state index is 6.26. The van der Waals surface area contributed by atoms with Gasteiger partial charge in [-0.2, -0.15) is 0 Å². The van der Waals surface area contributed by atoms with Gasteiger partial charge in [0.15, 0.2) is 0 Å². The van der Waals surface area contributed by atoms with Crippen molar-refractivity contribution in [2.45, 2.75) is 19.3 Å². The average Bonchev–Trinajstić information content (AvgIpc) is 3.92. The summed E-state index contributed by atoms with van der Waals surface area (Å²) in [5.74, 6) is 0. The molecule has 0 aliphatic heterocycles. The van der Waals surface area contributed by atoms with Gasteiger partial charge in [-0.15, -0.1) is 0 Å². The molecule has 3 nitrogen and oxygen atoms in total. The molecule has 0 radical (unpaired) electrons. The highest BCUT2D eigenvalue weighted by atomic mass is 16.3. The number of fused-ring (bicyclic) bond motifs is 9. The van der Waals surface area contributed by atoms with Gasteiger partial charge in [0.25, 0.3) is 0 Å². The highest BCUT2D eigenvalue weighted by Crippen LogP contribution is 2.51. The molecule has 284 valence electrons. The van der Waals surface area contributed by atoms with Gasteiger partial charge in [0.2, 0.25) is 0 Å². The lowest BCUT2D eigenvalue weighted by Gasteiger charge is -2.28. The first-order chi connectivity index (χ1) is 29.5. The summed E-state index contributed by atoms with van der Waals surface area (Å²) in [6.07, 6.45) is 0. The van der Waals surface area contributed by atoms with Crippen LogP contribution in [-0.2, 0) is 5.41 Å². The van der Waals surface area contributed by atoms with E-state index in [0.29, 0.717) is 0 Å². The minimum atomic E-state index is -0.112. The third-order valence-electron chi connectivity index (χ3n) is 12.8. The predicted octanol–water partition coefficient (Wildman–Crippen LogP) is 15.8. The van der Waals surface area contributed by atoms with E-state index in [1.165, 1.54) is 60.9 Å². The van der Waals surface area contributed by atoms with Crippen LogP contribution in [0, 0.1) is 0 Å². The van der Waals surface area contributed by atoms with Crippen molar-refractivity contribution in [1.29, 1.82) is 0 Å². The van der Waals surface area contributed by atoms with Crippen molar-refractivity contribution in [2.75, 3.05) is 4.90 Å². The summed E-state index contributed by atoms with van der Waals surface area (Å²) in [5.41, 5.74) is 18.6. The van der Waals surface area contributed by atoms with Crippen LogP contribution in [0.15, 0.2) is 211 Å². The van der Waals surface area contributed by atoms with Crippen LogP contribution in [0.5, 0.6) is 0 Å². The van der Waals surface area contributed by atoms with Crippen molar-refractivity contribution in [3.8, 4) is 39.1 Å². The summed E-state index contributed by atoms with van der Waals surface area (Å²) in [7, 11) is 0. The van der Waals surface area contributed by atoms with E-state index >= 15 is 0 Å². The molecule has 2 aromatic heterocycles. The largest absolute Gasteiger partial charge is 0.456 e. The first kappa shape index (κ1) is 34.4. The molecule has 2 heterocycles. The molecule has 11 aromatic rings. The molecular weight excluding hydrogens is 729 g/mol. The monoisotopic (exact) mass is 768 g/mol. The van der Waals surface area contributed by atoms with Gasteiger partial charge < -0.3 is 13.9 Å². The van der Waals surface area contributed by atoms with Crippen LogP contribution < -0.4 is 4.90 Å². The second-order valence-electron chi connectivity index (χ2n) is 16.6. The Hall–Kier alpha value is -7.62. The number of rotatable bonds is 6. The summed E-state index contributed by atoms with van der Waals surface area (Å²) in [5, 5.41) is 4.79. The minimum absolute atomic E-state index is 0.112. The van der Waals surface area contributed by atoms with Crippen LogP contribution in [0.2, 0.25) is 0 Å². The zero-order valence-corrected chi connectivity index (χ0v) is 33.4. The number of furan rings is 1. The number of anilines is 3. The predicted molar refractivity (Wildman–Crippen MR) is 251 cm³/mol. The van der Waals surface area contributed by atoms with Crippen molar-refractivity contribution in [3.05, 3.63) is 217 Å². The molecular formula is C57H40N2O. The van der Waals surface area contributed by atoms with E-state index in [1.54, 1.807) is 0 Å². The zero-order chi connectivity index (χ0) is 40.0. The molecule has 60 heavy (non-hydrogen) atoms. The fourth-order valence-corrected chi connectivity index (χ4v) is 9.80. The number of para-hydroxylation sites is 3. The van der Waals surface area contributed by atoms with Crippen LogP contribution in [0.4, 0.5) is 17.1 Å². The summed E-state index contributed by atoms with van der Waals surface area (Å²) >= 11 is 0. The van der Waals surface area contributed by atoms with E-state index in [2.05, 4.69) is 217 Å². The Morgan fingerprint density at radius 1 is 0.383 bits per heavy atom. The van der Waals surface area contributed by atoms with Gasteiger partial charge in [0, 0.05) is 49.7 Å². The summed E-state index contributed by atoms with van der Waals surface area (Å²) < 4.78 is 8.63. The molecule has 0 amide bonds. The third kappa shape index (κ3) is 5.29. The Kier molecular flexibility index (Phi) is 7.58. The Morgan fingerprint density at radius 2 is 0.950 bits per heavy atom. The molecule has 0 spiro atoms. The molecule has 0 saturated heterocycles. The summed E-state index contributed by atoms with van der Waals surface area (Å²) in [4.78, 5) is 2.39. The third-order valence-corrected chi connectivity index (χ3v) is 12.8. The quantitative estimate of drug-likeness (QED) is 0.168. The summed E-state index contributed by atoms with van der Waals surface area (Å²) in [6, 6.07) is 74.9. The van der Waals surface area contributed by atoms with E-state index < -0.39 is 0 Å². The second kappa shape index (κ2) is 13.2. The number of benzene rings is 9. The molecule has 0 unspecified atom stereocenters. The van der Waals surface area contributed by atoms with Gasteiger partial charge in [-0.1, -0.05) is 135 Å². The van der Waals surface area contributed by atoms with E-state index in [4.69, 9.17) is 4.42 Å². The molecule has 0 fully saturated rings. The van der Waals surface area contributed by atoms with Crippen molar-refractivity contribution in [1.82, 2.24) is 4.57 Å². The second-order valence-corrected chi connectivity index (χ2v) is 16.6. The van der Waals surface area contributed by atoms with E-state index in [9.17, 15) is 0 Å². The molecule has 0 atom stereocenters. The maximum atomic E-state index is 6.26. The molecule has 3 heteroatoms. The molecule has 9 aromatic carbocycles. The maximum Gasteiger partial charge on any atom is 0.136 e. The molecule has 1 aliphatic carbocycles. The lowest BCUT2D eigenvalue weighted by molar-refractivity contribution is 0.660. The van der Waals surface area contributed by atoms with Crippen molar-refractivity contribution < 1.29 is 4.42 Å². The van der Waals surface area contributed by atoms with Gasteiger partial charge in [0.05, 0.1) is 11.0 Å². The van der Waals surface area contributed by atoms with Crippen molar-refractivity contribution in [3.63, 3.8) is 0 Å². The van der Waals surface area contributed by atoms with Gasteiger partial charge in [-0.05, 0) is 129 Å². The lowest BCUT2D eigenvalue weighted by Crippen LogP contribution is -2.16. The van der Waals surface area contributed by atoms with Crippen LogP contribution in [-0.4, -0.2) is 4.57 Å². The standard InChI is InChI=1S/C57H40N2O/c1-57(2)51-17-9-6-14-45(51)46-32-30-44(36-52(46)57)58(43-28-22-38(23-29-43)40-24-31-49-48-16-8-11-19-55(48)60-56(49)35-40)42-26-20-37(21-27-42)39-25-33-54-50(34-39)47-15-7-10-18-53(47)59(54)41-12-4-3-5-13-41/h3-36H,1-2H3. The van der Waals surface area contributed by atoms with Gasteiger partial charge in [0.1, 0.15) is 11.2 Å². The minimum Gasteiger partial charge on any atom is -0.456 e. The van der Waals surface area contributed by atoms with E-state index in [-0.39, 0.29) is 5.41 Å². The number of nitrogens with zero attached hydrogens (tertiary/aromatic N) is 2. The highest BCUT2D eigenvalue weighted by Gasteiger charge is 2.35. The molecule has 0 bridgehead atoms. The van der Waals surface area contributed by atoms with E-state index in [1.807, 2.05) is 12.1 Å². The fraction of sp³-hybridized carbons (Fsp3) is 0.0526.